The predicted octanol–water partition coefficient (Wildman–Crippen LogP) is 6.35. The molecule has 2 aromatic rings. The normalized spacial score (nSPS) is 18.1. The molecule has 0 radical (unpaired) electrons. The molecule has 2 aliphatic heterocycles. The molecule has 0 atom stereocenters. The Morgan fingerprint density at radius 1 is 1.09 bits per heavy atom. The highest BCUT2D eigenvalue weighted by molar-refractivity contribution is 5.67. The van der Waals surface area contributed by atoms with Crippen LogP contribution in [0.4, 0.5) is 8.78 Å². The second kappa shape index (κ2) is 10.3. The van der Waals surface area contributed by atoms with Gasteiger partial charge in [0, 0.05) is 42.7 Å². The van der Waals surface area contributed by atoms with Crippen LogP contribution in [-0.2, 0) is 6.42 Å². The first-order valence-corrected chi connectivity index (χ1v) is 12.4. The van der Waals surface area contributed by atoms with Crippen LogP contribution < -0.4 is 0 Å². The molecule has 3 nitrogen and oxygen atoms in total. The minimum atomic E-state index is -1.12. The van der Waals surface area contributed by atoms with Crippen molar-refractivity contribution in [1.82, 2.24) is 14.8 Å². The summed E-state index contributed by atoms with van der Waals surface area (Å²) in [4.78, 5) is 9.03. The summed E-state index contributed by atoms with van der Waals surface area (Å²) in [5, 5.41) is 0. The molecule has 2 aliphatic rings. The molecule has 0 bridgehead atoms. The molecule has 3 heterocycles. The number of aromatic nitrogens is 1. The summed E-state index contributed by atoms with van der Waals surface area (Å²) < 4.78 is 28.7. The van der Waals surface area contributed by atoms with E-state index in [0.29, 0.717) is 23.7 Å². The molecule has 0 N–H and O–H groups in total. The molecule has 0 saturated carbocycles. The van der Waals surface area contributed by atoms with Crippen molar-refractivity contribution in [3.63, 3.8) is 0 Å². The number of alkyl halides is 1. The molecule has 2 fully saturated rings. The van der Waals surface area contributed by atoms with Crippen LogP contribution in [0.2, 0.25) is 0 Å². The second-order valence-electron chi connectivity index (χ2n) is 10.4. The number of hydrogen-bond donors (Lipinski definition) is 0. The minimum Gasteiger partial charge on any atom is -0.372 e. The molecule has 178 valence electrons. The van der Waals surface area contributed by atoms with Gasteiger partial charge in [-0.3, -0.25) is 4.98 Å². The van der Waals surface area contributed by atoms with Crippen LogP contribution in [0, 0.1) is 11.7 Å². The standard InChI is InChI=1S/C28H37F2N3/c1-21(33-14-4-5-15-33)24-9-10-25(26(29)18-24)27-11-8-23(19-31-27)7-6-22-12-16-32(17-13-22)20-28(2,3)30/h8-11,18-19,22H,1,4-7,12-17,20H2,2-3H3. The van der Waals surface area contributed by atoms with Crippen LogP contribution in [0.5, 0.6) is 0 Å². The van der Waals surface area contributed by atoms with Gasteiger partial charge < -0.3 is 9.80 Å². The van der Waals surface area contributed by atoms with E-state index in [0.717, 1.165) is 63.1 Å². The first-order valence-electron chi connectivity index (χ1n) is 12.4. The monoisotopic (exact) mass is 453 g/mol. The molecule has 1 aromatic heterocycles. The van der Waals surface area contributed by atoms with Crippen molar-refractivity contribution >= 4 is 5.70 Å². The van der Waals surface area contributed by atoms with E-state index in [1.807, 2.05) is 24.4 Å². The number of piperidine rings is 1. The van der Waals surface area contributed by atoms with Gasteiger partial charge in [0.15, 0.2) is 0 Å². The maximum absolute atomic E-state index is 14.9. The summed E-state index contributed by atoms with van der Waals surface area (Å²) in [5.74, 6) is 0.425. The van der Waals surface area contributed by atoms with Gasteiger partial charge in [-0.2, -0.15) is 0 Å². The second-order valence-corrected chi connectivity index (χ2v) is 10.4. The first-order chi connectivity index (χ1) is 15.8. The molecule has 0 spiro atoms. The number of benzene rings is 1. The Bertz CT molecular complexity index is 935. The van der Waals surface area contributed by atoms with Crippen LogP contribution in [0.3, 0.4) is 0 Å². The van der Waals surface area contributed by atoms with Crippen LogP contribution in [0.15, 0.2) is 43.1 Å². The largest absolute Gasteiger partial charge is 0.372 e. The Morgan fingerprint density at radius 2 is 1.82 bits per heavy atom. The Labute approximate surface area is 197 Å². The maximum atomic E-state index is 14.9. The molecule has 0 aliphatic carbocycles. The number of nitrogens with zero attached hydrogens (tertiary/aromatic N) is 3. The summed E-state index contributed by atoms with van der Waals surface area (Å²) >= 11 is 0. The number of halogens is 2. The van der Waals surface area contributed by atoms with Crippen molar-refractivity contribution in [2.24, 2.45) is 5.92 Å². The zero-order valence-corrected chi connectivity index (χ0v) is 20.1. The number of likely N-dealkylation sites (tertiary alicyclic amines) is 2. The van der Waals surface area contributed by atoms with Gasteiger partial charge in [0.25, 0.3) is 0 Å². The molecule has 5 heteroatoms. The topological polar surface area (TPSA) is 19.4 Å². The van der Waals surface area contributed by atoms with Gasteiger partial charge in [0.2, 0.25) is 0 Å². The van der Waals surface area contributed by atoms with Crippen LogP contribution in [0.1, 0.15) is 57.1 Å². The van der Waals surface area contributed by atoms with Gasteiger partial charge >= 0.3 is 0 Å². The summed E-state index contributed by atoms with van der Waals surface area (Å²) in [7, 11) is 0. The minimum absolute atomic E-state index is 0.253. The van der Waals surface area contributed by atoms with E-state index in [9.17, 15) is 8.78 Å². The molecule has 1 aromatic carbocycles. The number of pyridine rings is 1. The fourth-order valence-electron chi connectivity index (χ4n) is 5.14. The van der Waals surface area contributed by atoms with Gasteiger partial charge in [0.1, 0.15) is 11.5 Å². The average Bonchev–Trinajstić information content (AvgIpc) is 3.32. The summed E-state index contributed by atoms with van der Waals surface area (Å²) in [5.41, 5.74) is 3.00. The van der Waals surface area contributed by atoms with E-state index < -0.39 is 5.67 Å². The summed E-state index contributed by atoms with van der Waals surface area (Å²) in [6, 6.07) is 9.35. The van der Waals surface area contributed by atoms with E-state index in [1.54, 1.807) is 19.9 Å². The van der Waals surface area contributed by atoms with Crippen molar-refractivity contribution in [3.05, 3.63) is 60.1 Å². The fraction of sp³-hybridized carbons (Fsp3) is 0.536. The Morgan fingerprint density at radius 3 is 2.42 bits per heavy atom. The molecule has 33 heavy (non-hydrogen) atoms. The van der Waals surface area contributed by atoms with E-state index in [-0.39, 0.29) is 5.82 Å². The summed E-state index contributed by atoms with van der Waals surface area (Å²) in [6.45, 7) is 12.0. The van der Waals surface area contributed by atoms with E-state index in [2.05, 4.69) is 27.4 Å². The summed E-state index contributed by atoms with van der Waals surface area (Å²) in [6.07, 6.45) is 8.58. The van der Waals surface area contributed by atoms with Gasteiger partial charge in [0.05, 0.1) is 5.69 Å². The van der Waals surface area contributed by atoms with Gasteiger partial charge in [-0.1, -0.05) is 18.7 Å². The molecule has 0 amide bonds. The van der Waals surface area contributed by atoms with Crippen molar-refractivity contribution in [1.29, 1.82) is 0 Å². The third-order valence-corrected chi connectivity index (χ3v) is 7.04. The Hall–Kier alpha value is -2.27. The van der Waals surface area contributed by atoms with E-state index >= 15 is 0 Å². The lowest BCUT2D eigenvalue weighted by molar-refractivity contribution is 0.0943. The molecule has 2 saturated heterocycles. The zero-order valence-electron chi connectivity index (χ0n) is 20.1. The quantitative estimate of drug-likeness (QED) is 0.464. The van der Waals surface area contributed by atoms with Crippen LogP contribution >= 0.6 is 0 Å². The lowest BCUT2D eigenvalue weighted by atomic mass is 9.90. The van der Waals surface area contributed by atoms with Crippen LogP contribution in [0.25, 0.3) is 17.0 Å². The van der Waals surface area contributed by atoms with Crippen molar-refractivity contribution in [2.75, 3.05) is 32.7 Å². The number of hydrogen-bond acceptors (Lipinski definition) is 3. The van der Waals surface area contributed by atoms with Crippen molar-refractivity contribution in [2.45, 2.75) is 58.0 Å². The Kier molecular flexibility index (Phi) is 7.48. The predicted molar refractivity (Wildman–Crippen MR) is 132 cm³/mol. The van der Waals surface area contributed by atoms with Gasteiger partial charge in [-0.25, -0.2) is 8.78 Å². The average molecular weight is 454 g/mol. The van der Waals surface area contributed by atoms with E-state index in [1.165, 1.54) is 18.4 Å². The maximum Gasteiger partial charge on any atom is 0.133 e. The smallest absolute Gasteiger partial charge is 0.133 e. The van der Waals surface area contributed by atoms with Crippen LogP contribution in [-0.4, -0.2) is 53.2 Å². The third-order valence-electron chi connectivity index (χ3n) is 7.04. The van der Waals surface area contributed by atoms with Crippen molar-refractivity contribution < 1.29 is 8.78 Å². The highest BCUT2D eigenvalue weighted by atomic mass is 19.1. The molecular weight excluding hydrogens is 416 g/mol. The highest BCUT2D eigenvalue weighted by Gasteiger charge is 2.25. The fourth-order valence-corrected chi connectivity index (χ4v) is 5.14. The molecule has 0 unspecified atom stereocenters. The first kappa shape index (κ1) is 23.9. The Balaban J connectivity index is 1.30. The van der Waals surface area contributed by atoms with Gasteiger partial charge in [-0.15, -0.1) is 0 Å². The molecule has 4 rings (SSSR count). The molecular formula is C28H37F2N3. The third kappa shape index (κ3) is 6.41. The van der Waals surface area contributed by atoms with Crippen molar-refractivity contribution in [3.8, 4) is 11.3 Å². The number of rotatable bonds is 8. The van der Waals surface area contributed by atoms with Gasteiger partial charge in [-0.05, 0) is 95.1 Å². The number of aryl methyl sites for hydroxylation is 1. The lowest BCUT2D eigenvalue weighted by Gasteiger charge is -2.34. The highest BCUT2D eigenvalue weighted by Crippen LogP contribution is 2.28. The SMILES string of the molecule is C=C(c1ccc(-c2ccc(CCC3CCN(CC(C)(C)F)CC3)cn2)c(F)c1)N1CCCC1. The van der Waals surface area contributed by atoms with E-state index in [4.69, 9.17) is 0 Å². The zero-order chi connectivity index (χ0) is 23.4. The lowest BCUT2D eigenvalue weighted by Crippen LogP contribution is -2.41.